The molecule has 2 heterocycles. The zero-order chi connectivity index (χ0) is 26.9. The zero-order valence-electron chi connectivity index (χ0n) is 19.7. The molecule has 0 spiro atoms. The molecule has 1 aliphatic heterocycles. The number of hydrogen-bond acceptors (Lipinski definition) is 6. The second-order valence-electron chi connectivity index (χ2n) is 8.73. The Labute approximate surface area is 204 Å². The van der Waals surface area contributed by atoms with Crippen molar-refractivity contribution in [2.24, 2.45) is 0 Å². The SMILES string of the molecule is CC(c1c2n(c3ccc(F)cc13)C(=O)c1ccccc1-2)N(C)C.O=C(O)CC(O)(CC(=O)O)C(=O)O. The van der Waals surface area contributed by atoms with E-state index in [1.54, 1.807) is 10.6 Å². The molecule has 4 N–H and O–H groups in total. The third-order valence-corrected chi connectivity index (χ3v) is 6.06. The van der Waals surface area contributed by atoms with Gasteiger partial charge in [-0.15, -0.1) is 0 Å². The van der Waals surface area contributed by atoms with Gasteiger partial charge in [0.25, 0.3) is 5.91 Å². The lowest BCUT2D eigenvalue weighted by Gasteiger charge is -2.21. The highest BCUT2D eigenvalue weighted by molar-refractivity contribution is 6.16. The molecule has 1 aliphatic rings. The summed E-state index contributed by atoms with van der Waals surface area (Å²) in [5.41, 5.74) is 1.57. The van der Waals surface area contributed by atoms with Gasteiger partial charge in [-0.1, -0.05) is 18.2 Å². The lowest BCUT2D eigenvalue weighted by Crippen LogP contribution is -2.42. The van der Waals surface area contributed by atoms with Crippen molar-refractivity contribution in [2.75, 3.05) is 14.1 Å². The van der Waals surface area contributed by atoms with E-state index in [4.69, 9.17) is 20.4 Å². The standard InChI is InChI=1S/C19H17FN2O.C6H8O7/c1-11(21(2)3)17-15-10-12(20)8-9-16(15)22-18(17)13-6-4-5-7-14(13)19(22)23;7-3(8)1-6(13,5(11)12)2-4(9)10/h4-11H,1-3H3;13H,1-2H2,(H,7,8)(H,9,10)(H,11,12). The monoisotopic (exact) mass is 500 g/mol. The fraction of sp³-hybridized carbons (Fsp3) is 0.280. The van der Waals surface area contributed by atoms with E-state index in [9.17, 15) is 23.6 Å². The van der Waals surface area contributed by atoms with Crippen molar-refractivity contribution in [1.29, 1.82) is 0 Å². The summed E-state index contributed by atoms with van der Waals surface area (Å²) in [5.74, 6) is -5.34. The second kappa shape index (κ2) is 9.88. The Morgan fingerprint density at radius 2 is 1.56 bits per heavy atom. The van der Waals surface area contributed by atoms with Crippen LogP contribution in [0.25, 0.3) is 22.2 Å². The summed E-state index contributed by atoms with van der Waals surface area (Å²) in [5, 5.41) is 34.6. The van der Waals surface area contributed by atoms with Crippen LogP contribution in [0.15, 0.2) is 42.5 Å². The van der Waals surface area contributed by atoms with Crippen LogP contribution >= 0.6 is 0 Å². The first-order chi connectivity index (χ1) is 16.8. The fourth-order valence-electron chi connectivity index (χ4n) is 4.16. The Morgan fingerprint density at radius 1 is 1.00 bits per heavy atom. The molecule has 0 bridgehead atoms. The number of nitrogens with zero attached hydrogens (tertiary/aromatic N) is 2. The molecule has 36 heavy (non-hydrogen) atoms. The Hall–Kier alpha value is -4.09. The maximum absolute atomic E-state index is 13.8. The van der Waals surface area contributed by atoms with Crippen LogP contribution in [0.2, 0.25) is 0 Å². The quantitative estimate of drug-likeness (QED) is 0.299. The van der Waals surface area contributed by atoms with E-state index < -0.39 is 36.4 Å². The third-order valence-electron chi connectivity index (χ3n) is 6.06. The molecule has 0 radical (unpaired) electrons. The number of carbonyl (C=O) groups is 4. The fourth-order valence-corrected chi connectivity index (χ4v) is 4.16. The minimum absolute atomic E-state index is 0.0376. The second-order valence-corrected chi connectivity index (χ2v) is 8.73. The first kappa shape index (κ1) is 26.5. The van der Waals surface area contributed by atoms with Gasteiger partial charge in [0.05, 0.1) is 24.1 Å². The highest BCUT2D eigenvalue weighted by Crippen LogP contribution is 2.44. The summed E-state index contributed by atoms with van der Waals surface area (Å²) in [6, 6.07) is 12.3. The van der Waals surface area contributed by atoms with Gasteiger partial charge in [-0.3, -0.25) is 19.0 Å². The van der Waals surface area contributed by atoms with Crippen LogP contribution < -0.4 is 0 Å². The highest BCUT2D eigenvalue weighted by atomic mass is 19.1. The van der Waals surface area contributed by atoms with E-state index in [1.165, 1.54) is 12.1 Å². The van der Waals surface area contributed by atoms with Gasteiger partial charge in [0, 0.05) is 28.1 Å². The highest BCUT2D eigenvalue weighted by Gasteiger charge is 2.40. The summed E-state index contributed by atoms with van der Waals surface area (Å²) >= 11 is 0. The number of carboxylic acid groups (broad SMARTS) is 3. The number of benzene rings is 2. The van der Waals surface area contributed by atoms with Crippen molar-refractivity contribution in [3.63, 3.8) is 0 Å². The minimum atomic E-state index is -2.74. The predicted octanol–water partition coefficient (Wildman–Crippen LogP) is 2.82. The molecule has 2 aromatic carbocycles. The summed E-state index contributed by atoms with van der Waals surface area (Å²) in [7, 11) is 3.98. The molecule has 1 unspecified atom stereocenters. The van der Waals surface area contributed by atoms with Crippen molar-refractivity contribution in [3.8, 4) is 11.3 Å². The molecule has 0 aliphatic carbocycles. The number of hydrogen-bond donors (Lipinski definition) is 4. The minimum Gasteiger partial charge on any atom is -0.481 e. The molecule has 0 fully saturated rings. The van der Waals surface area contributed by atoms with Crippen LogP contribution in [0.1, 0.15) is 41.7 Å². The van der Waals surface area contributed by atoms with Crippen molar-refractivity contribution >= 4 is 34.7 Å². The van der Waals surface area contributed by atoms with Crippen LogP contribution in [0.5, 0.6) is 0 Å². The van der Waals surface area contributed by atoms with Gasteiger partial charge in [-0.25, -0.2) is 9.18 Å². The first-order valence-corrected chi connectivity index (χ1v) is 10.8. The van der Waals surface area contributed by atoms with E-state index in [1.807, 2.05) is 38.4 Å². The average molecular weight is 500 g/mol. The molecular weight excluding hydrogens is 475 g/mol. The van der Waals surface area contributed by atoms with Crippen LogP contribution in [-0.2, 0) is 14.4 Å². The summed E-state index contributed by atoms with van der Waals surface area (Å²) in [4.78, 5) is 45.4. The maximum atomic E-state index is 13.8. The Kier molecular flexibility index (Phi) is 7.27. The van der Waals surface area contributed by atoms with E-state index in [0.29, 0.717) is 5.56 Å². The molecule has 1 aromatic heterocycles. The van der Waals surface area contributed by atoms with Gasteiger partial charge in [0.15, 0.2) is 5.60 Å². The number of aliphatic hydroxyl groups is 1. The van der Waals surface area contributed by atoms with Crippen LogP contribution in [0, 0.1) is 5.82 Å². The molecule has 1 atom stereocenters. The maximum Gasteiger partial charge on any atom is 0.336 e. The van der Waals surface area contributed by atoms with Crippen molar-refractivity contribution < 1.29 is 44.0 Å². The smallest absolute Gasteiger partial charge is 0.336 e. The van der Waals surface area contributed by atoms with Gasteiger partial charge in [0.1, 0.15) is 5.82 Å². The largest absolute Gasteiger partial charge is 0.481 e. The first-order valence-electron chi connectivity index (χ1n) is 10.8. The number of halogens is 1. The van der Waals surface area contributed by atoms with Crippen LogP contribution in [0.3, 0.4) is 0 Å². The molecular formula is C25H25FN2O8. The summed E-state index contributed by atoms with van der Waals surface area (Å²) in [6.45, 7) is 2.08. The Bertz CT molecular complexity index is 1360. The van der Waals surface area contributed by atoms with Crippen molar-refractivity contribution in [3.05, 3.63) is 59.4 Å². The number of aliphatic carboxylic acids is 3. The van der Waals surface area contributed by atoms with Gasteiger partial charge in [0.2, 0.25) is 0 Å². The number of fused-ring (bicyclic) bond motifs is 5. The summed E-state index contributed by atoms with van der Waals surface area (Å²) < 4.78 is 15.6. The lowest BCUT2D eigenvalue weighted by molar-refractivity contribution is -0.170. The molecule has 0 amide bonds. The third kappa shape index (κ3) is 4.83. The normalized spacial score (nSPS) is 13.1. The molecule has 11 heteroatoms. The van der Waals surface area contributed by atoms with Gasteiger partial charge >= 0.3 is 17.9 Å². The van der Waals surface area contributed by atoms with E-state index in [2.05, 4.69) is 11.8 Å². The molecule has 4 rings (SSSR count). The van der Waals surface area contributed by atoms with Crippen LogP contribution in [0.4, 0.5) is 4.39 Å². The Balaban J connectivity index is 0.000000240. The van der Waals surface area contributed by atoms with Crippen molar-refractivity contribution in [1.82, 2.24) is 9.47 Å². The number of rotatable bonds is 7. The molecule has 10 nitrogen and oxygen atoms in total. The molecule has 0 saturated carbocycles. The lowest BCUT2D eigenvalue weighted by atomic mass is 9.96. The molecule has 3 aromatic rings. The van der Waals surface area contributed by atoms with Gasteiger partial charge in [-0.05, 0) is 45.3 Å². The number of carboxylic acids is 3. The van der Waals surface area contributed by atoms with E-state index >= 15 is 0 Å². The summed E-state index contributed by atoms with van der Waals surface area (Å²) in [6.07, 6.45) is -2.29. The van der Waals surface area contributed by atoms with E-state index in [0.717, 1.165) is 27.7 Å². The van der Waals surface area contributed by atoms with E-state index in [-0.39, 0.29) is 17.8 Å². The molecule has 0 saturated heterocycles. The molecule has 190 valence electrons. The number of aromatic nitrogens is 1. The van der Waals surface area contributed by atoms with Crippen molar-refractivity contribution in [2.45, 2.75) is 31.4 Å². The Morgan fingerprint density at radius 3 is 2.06 bits per heavy atom. The predicted molar refractivity (Wildman–Crippen MR) is 126 cm³/mol. The van der Waals surface area contributed by atoms with Gasteiger partial charge in [-0.2, -0.15) is 0 Å². The number of carbonyl (C=O) groups excluding carboxylic acids is 1. The topological polar surface area (TPSA) is 157 Å². The van der Waals surface area contributed by atoms with Gasteiger partial charge < -0.3 is 25.3 Å². The zero-order valence-corrected chi connectivity index (χ0v) is 19.7. The average Bonchev–Trinajstić information content (AvgIpc) is 3.25. The van der Waals surface area contributed by atoms with Crippen LogP contribution in [-0.4, -0.2) is 73.4 Å².